The number of para-hydroxylation sites is 2. The van der Waals surface area contributed by atoms with E-state index in [-0.39, 0.29) is 0 Å². The number of piperidine rings is 1. The molecule has 0 aliphatic carbocycles. The van der Waals surface area contributed by atoms with Gasteiger partial charge in [-0.15, -0.1) is 10.2 Å². The second-order valence-electron chi connectivity index (χ2n) is 4.77. The Balaban J connectivity index is 1.99. The van der Waals surface area contributed by atoms with Gasteiger partial charge in [-0.1, -0.05) is 12.1 Å². The summed E-state index contributed by atoms with van der Waals surface area (Å²) in [5.74, 6) is 2.27. The van der Waals surface area contributed by atoms with Crippen LogP contribution in [-0.4, -0.2) is 35.0 Å². The number of nitrogens with zero attached hydrogens (tertiary/aromatic N) is 3. The number of aromatic nitrogens is 3. The molecule has 1 fully saturated rings. The van der Waals surface area contributed by atoms with Gasteiger partial charge < -0.3 is 10.1 Å². The van der Waals surface area contributed by atoms with Gasteiger partial charge in [0, 0.05) is 12.5 Å². The summed E-state index contributed by atoms with van der Waals surface area (Å²) in [6.45, 7) is 2.06. The first-order valence-electron chi connectivity index (χ1n) is 6.64. The van der Waals surface area contributed by atoms with Gasteiger partial charge in [0.2, 0.25) is 0 Å². The Hall–Kier alpha value is -1.88. The van der Waals surface area contributed by atoms with Crippen molar-refractivity contribution in [2.24, 2.45) is 0 Å². The molecule has 0 bridgehead atoms. The quantitative estimate of drug-likeness (QED) is 0.911. The summed E-state index contributed by atoms with van der Waals surface area (Å²) in [7, 11) is 1.69. The lowest BCUT2D eigenvalue weighted by molar-refractivity contribution is 0.409. The molecule has 0 radical (unpaired) electrons. The van der Waals surface area contributed by atoms with Crippen LogP contribution in [0.5, 0.6) is 5.75 Å². The van der Waals surface area contributed by atoms with Gasteiger partial charge in [-0.3, -0.25) is 4.57 Å². The predicted octanol–water partition coefficient (Wildman–Crippen LogP) is 1.74. The highest BCUT2D eigenvalue weighted by Crippen LogP contribution is 2.27. The Bertz CT molecular complexity index is 546. The summed E-state index contributed by atoms with van der Waals surface area (Å²) < 4.78 is 7.46. The maximum atomic E-state index is 5.42. The first-order chi connectivity index (χ1) is 9.40. The molecule has 1 unspecified atom stereocenters. The van der Waals surface area contributed by atoms with Crippen molar-refractivity contribution < 1.29 is 4.74 Å². The van der Waals surface area contributed by atoms with Gasteiger partial charge in [-0.25, -0.2) is 0 Å². The molecule has 1 aliphatic rings. The zero-order chi connectivity index (χ0) is 13.1. The van der Waals surface area contributed by atoms with Gasteiger partial charge in [0.15, 0.2) is 0 Å². The van der Waals surface area contributed by atoms with Gasteiger partial charge in [-0.2, -0.15) is 0 Å². The van der Waals surface area contributed by atoms with Crippen LogP contribution in [0.3, 0.4) is 0 Å². The smallest absolute Gasteiger partial charge is 0.142 e. The molecule has 0 amide bonds. The Morgan fingerprint density at radius 3 is 3.05 bits per heavy atom. The van der Waals surface area contributed by atoms with Crippen molar-refractivity contribution in [1.29, 1.82) is 0 Å². The van der Waals surface area contributed by atoms with E-state index < -0.39 is 0 Å². The number of hydrogen-bond donors (Lipinski definition) is 1. The highest BCUT2D eigenvalue weighted by molar-refractivity contribution is 5.47. The van der Waals surface area contributed by atoms with Crippen molar-refractivity contribution >= 4 is 0 Å². The van der Waals surface area contributed by atoms with Gasteiger partial charge >= 0.3 is 0 Å². The van der Waals surface area contributed by atoms with Crippen molar-refractivity contribution in [2.45, 2.75) is 18.8 Å². The summed E-state index contributed by atoms with van der Waals surface area (Å²) in [6.07, 6.45) is 4.10. The summed E-state index contributed by atoms with van der Waals surface area (Å²) in [4.78, 5) is 0. The SMILES string of the molecule is COc1ccccc1-n1cnnc1C1CCCNC1. The maximum absolute atomic E-state index is 5.42. The van der Waals surface area contributed by atoms with E-state index >= 15 is 0 Å². The lowest BCUT2D eigenvalue weighted by Gasteiger charge is -2.22. The van der Waals surface area contributed by atoms with E-state index in [1.165, 1.54) is 6.42 Å². The van der Waals surface area contributed by atoms with Crippen molar-refractivity contribution in [2.75, 3.05) is 20.2 Å². The Morgan fingerprint density at radius 2 is 2.26 bits per heavy atom. The predicted molar refractivity (Wildman–Crippen MR) is 72.8 cm³/mol. The minimum Gasteiger partial charge on any atom is -0.495 e. The van der Waals surface area contributed by atoms with Crippen LogP contribution in [0.25, 0.3) is 5.69 Å². The van der Waals surface area contributed by atoms with Gasteiger partial charge in [0.25, 0.3) is 0 Å². The molecule has 5 nitrogen and oxygen atoms in total. The van der Waals surface area contributed by atoms with Crippen LogP contribution in [0.15, 0.2) is 30.6 Å². The largest absolute Gasteiger partial charge is 0.495 e. The molecule has 0 saturated carbocycles. The summed E-state index contributed by atoms with van der Waals surface area (Å²) in [5, 5.41) is 11.8. The number of methoxy groups -OCH3 is 1. The van der Waals surface area contributed by atoms with Crippen molar-refractivity contribution in [3.8, 4) is 11.4 Å². The third kappa shape index (κ3) is 2.33. The second-order valence-corrected chi connectivity index (χ2v) is 4.77. The molecule has 5 heteroatoms. The summed E-state index contributed by atoms with van der Waals surface area (Å²) >= 11 is 0. The molecule has 1 N–H and O–H groups in total. The fraction of sp³-hybridized carbons (Fsp3) is 0.429. The number of rotatable bonds is 3. The van der Waals surface area contributed by atoms with Gasteiger partial charge in [0.05, 0.1) is 12.8 Å². The standard InChI is InChI=1S/C14H18N4O/c1-19-13-7-3-2-6-12(13)18-10-16-17-14(18)11-5-4-8-15-9-11/h2-3,6-7,10-11,15H,4-5,8-9H2,1H3. The molecule has 2 aromatic rings. The Morgan fingerprint density at radius 1 is 1.37 bits per heavy atom. The Kier molecular flexibility index (Phi) is 3.46. The first kappa shape index (κ1) is 12.2. The molecule has 0 spiro atoms. The molecular formula is C14H18N4O. The first-order valence-corrected chi connectivity index (χ1v) is 6.64. The normalized spacial score (nSPS) is 19.3. The molecule has 1 atom stereocenters. The van der Waals surface area contributed by atoms with Crippen molar-refractivity contribution in [3.63, 3.8) is 0 Å². The van der Waals surface area contributed by atoms with E-state index in [0.717, 1.165) is 36.8 Å². The van der Waals surface area contributed by atoms with Crippen LogP contribution in [0, 0.1) is 0 Å². The molecule has 2 heterocycles. The fourth-order valence-corrected chi connectivity index (χ4v) is 2.61. The molecule has 19 heavy (non-hydrogen) atoms. The van der Waals surface area contributed by atoms with Crippen LogP contribution in [0.1, 0.15) is 24.6 Å². The highest BCUT2D eigenvalue weighted by Gasteiger charge is 2.22. The van der Waals surface area contributed by atoms with Crippen LogP contribution < -0.4 is 10.1 Å². The van der Waals surface area contributed by atoms with E-state index in [2.05, 4.69) is 15.5 Å². The van der Waals surface area contributed by atoms with E-state index in [9.17, 15) is 0 Å². The van der Waals surface area contributed by atoms with Crippen LogP contribution in [0.4, 0.5) is 0 Å². The second kappa shape index (κ2) is 5.40. The summed E-state index contributed by atoms with van der Waals surface area (Å²) in [5.41, 5.74) is 0.996. The van der Waals surface area contributed by atoms with Crippen molar-refractivity contribution in [3.05, 3.63) is 36.4 Å². The van der Waals surface area contributed by atoms with Gasteiger partial charge in [-0.05, 0) is 31.5 Å². The monoisotopic (exact) mass is 258 g/mol. The highest BCUT2D eigenvalue weighted by atomic mass is 16.5. The third-order valence-corrected chi connectivity index (χ3v) is 3.58. The minimum atomic E-state index is 0.418. The number of benzene rings is 1. The van der Waals surface area contributed by atoms with E-state index in [0.29, 0.717) is 5.92 Å². The average Bonchev–Trinajstić information content (AvgIpc) is 2.97. The van der Waals surface area contributed by atoms with Crippen LogP contribution in [-0.2, 0) is 0 Å². The fourth-order valence-electron chi connectivity index (χ4n) is 2.61. The Labute approximate surface area is 112 Å². The van der Waals surface area contributed by atoms with E-state index in [1.54, 1.807) is 13.4 Å². The summed E-state index contributed by atoms with van der Waals surface area (Å²) in [6, 6.07) is 7.95. The molecular weight excluding hydrogens is 240 g/mol. The molecule has 1 aliphatic heterocycles. The topological polar surface area (TPSA) is 52.0 Å². The van der Waals surface area contributed by atoms with E-state index in [1.807, 2.05) is 28.8 Å². The third-order valence-electron chi connectivity index (χ3n) is 3.58. The van der Waals surface area contributed by atoms with Crippen molar-refractivity contribution in [1.82, 2.24) is 20.1 Å². The molecule has 1 aromatic heterocycles. The zero-order valence-electron chi connectivity index (χ0n) is 11.0. The number of ether oxygens (including phenoxy) is 1. The number of hydrogen-bond acceptors (Lipinski definition) is 4. The minimum absolute atomic E-state index is 0.418. The number of nitrogens with one attached hydrogen (secondary N) is 1. The molecule has 1 saturated heterocycles. The van der Waals surface area contributed by atoms with Crippen LogP contribution >= 0.6 is 0 Å². The lowest BCUT2D eigenvalue weighted by atomic mass is 9.99. The maximum Gasteiger partial charge on any atom is 0.142 e. The van der Waals surface area contributed by atoms with Crippen LogP contribution in [0.2, 0.25) is 0 Å². The molecule has 3 rings (SSSR count). The zero-order valence-corrected chi connectivity index (χ0v) is 11.0. The molecule has 100 valence electrons. The lowest BCUT2D eigenvalue weighted by Crippen LogP contribution is -2.29. The van der Waals surface area contributed by atoms with Gasteiger partial charge in [0.1, 0.15) is 17.9 Å². The average molecular weight is 258 g/mol. The van der Waals surface area contributed by atoms with E-state index in [4.69, 9.17) is 4.74 Å². The molecule has 1 aromatic carbocycles.